The fraction of sp³-hybridized carbons (Fsp3) is 0.143. The fourth-order valence-corrected chi connectivity index (χ4v) is 3.18. The highest BCUT2D eigenvalue weighted by atomic mass is 32.2. The molecule has 0 heterocycles. The Morgan fingerprint density at radius 3 is 2.55 bits per heavy atom. The van der Waals surface area contributed by atoms with Crippen molar-refractivity contribution >= 4 is 15.7 Å². The maximum atomic E-state index is 13.1. The molecule has 0 amide bonds. The second-order valence-electron chi connectivity index (χ2n) is 4.42. The molecule has 0 aliphatic heterocycles. The van der Waals surface area contributed by atoms with E-state index in [1.807, 2.05) is 0 Å². The van der Waals surface area contributed by atoms with Crippen LogP contribution in [0.15, 0.2) is 47.4 Å². The van der Waals surface area contributed by atoms with Crippen molar-refractivity contribution in [1.82, 2.24) is 0 Å². The SMILES string of the molecule is Cc1cc(CN)ccc1S(=O)(=O)Nc1cccc(F)c1. The van der Waals surface area contributed by atoms with E-state index in [0.717, 1.165) is 11.6 Å². The lowest BCUT2D eigenvalue weighted by atomic mass is 10.1. The molecule has 0 fully saturated rings. The van der Waals surface area contributed by atoms with E-state index in [9.17, 15) is 12.8 Å². The molecule has 0 atom stereocenters. The summed E-state index contributed by atoms with van der Waals surface area (Å²) < 4.78 is 40.0. The zero-order valence-electron chi connectivity index (χ0n) is 10.9. The van der Waals surface area contributed by atoms with E-state index in [4.69, 9.17) is 5.73 Å². The zero-order chi connectivity index (χ0) is 14.8. The number of nitrogens with two attached hydrogens (primary N) is 1. The number of rotatable bonds is 4. The van der Waals surface area contributed by atoms with Crippen molar-refractivity contribution in [2.24, 2.45) is 5.73 Å². The Labute approximate surface area is 117 Å². The number of halogens is 1. The van der Waals surface area contributed by atoms with Gasteiger partial charge in [0, 0.05) is 6.54 Å². The number of benzene rings is 2. The highest BCUT2D eigenvalue weighted by Crippen LogP contribution is 2.20. The van der Waals surface area contributed by atoms with Gasteiger partial charge in [-0.3, -0.25) is 4.72 Å². The largest absolute Gasteiger partial charge is 0.326 e. The third-order valence-corrected chi connectivity index (χ3v) is 4.38. The summed E-state index contributed by atoms with van der Waals surface area (Å²) >= 11 is 0. The van der Waals surface area contributed by atoms with Gasteiger partial charge >= 0.3 is 0 Å². The van der Waals surface area contributed by atoms with Gasteiger partial charge in [-0.15, -0.1) is 0 Å². The van der Waals surface area contributed by atoms with Crippen LogP contribution >= 0.6 is 0 Å². The van der Waals surface area contributed by atoms with Gasteiger partial charge in [0.25, 0.3) is 10.0 Å². The topological polar surface area (TPSA) is 72.2 Å². The molecule has 0 unspecified atom stereocenters. The molecule has 2 rings (SSSR count). The van der Waals surface area contributed by atoms with Crippen LogP contribution in [0.25, 0.3) is 0 Å². The second kappa shape index (κ2) is 5.60. The fourth-order valence-electron chi connectivity index (χ4n) is 1.90. The Hall–Kier alpha value is -1.92. The lowest BCUT2D eigenvalue weighted by Crippen LogP contribution is -2.14. The molecule has 6 heteroatoms. The molecule has 0 saturated carbocycles. The number of nitrogens with one attached hydrogen (secondary N) is 1. The summed E-state index contributed by atoms with van der Waals surface area (Å²) in [6, 6.07) is 10.2. The van der Waals surface area contributed by atoms with Gasteiger partial charge in [0.05, 0.1) is 10.6 Å². The summed E-state index contributed by atoms with van der Waals surface area (Å²) in [5.74, 6) is -0.500. The van der Waals surface area contributed by atoms with E-state index < -0.39 is 15.8 Å². The van der Waals surface area contributed by atoms with Crippen LogP contribution in [0, 0.1) is 12.7 Å². The zero-order valence-corrected chi connectivity index (χ0v) is 11.7. The van der Waals surface area contributed by atoms with Crippen molar-refractivity contribution < 1.29 is 12.8 Å². The quantitative estimate of drug-likeness (QED) is 0.909. The number of anilines is 1. The molecule has 0 aromatic heterocycles. The summed E-state index contributed by atoms with van der Waals surface area (Å²) in [7, 11) is -3.74. The average Bonchev–Trinajstić information content (AvgIpc) is 2.37. The van der Waals surface area contributed by atoms with Crippen LogP contribution in [0.4, 0.5) is 10.1 Å². The van der Waals surface area contributed by atoms with Gasteiger partial charge in [-0.05, 0) is 42.3 Å². The van der Waals surface area contributed by atoms with Crippen LogP contribution in [0.5, 0.6) is 0 Å². The van der Waals surface area contributed by atoms with Crippen molar-refractivity contribution in [2.45, 2.75) is 18.4 Å². The second-order valence-corrected chi connectivity index (χ2v) is 6.07. The predicted molar refractivity (Wildman–Crippen MR) is 76.3 cm³/mol. The molecule has 0 saturated heterocycles. The summed E-state index contributed by atoms with van der Waals surface area (Å²) in [5.41, 5.74) is 7.15. The van der Waals surface area contributed by atoms with Crippen LogP contribution in [0.3, 0.4) is 0 Å². The minimum atomic E-state index is -3.74. The van der Waals surface area contributed by atoms with E-state index in [1.165, 1.54) is 24.3 Å². The van der Waals surface area contributed by atoms with E-state index in [-0.39, 0.29) is 10.6 Å². The highest BCUT2D eigenvalue weighted by molar-refractivity contribution is 7.92. The number of sulfonamides is 1. The van der Waals surface area contributed by atoms with Gasteiger partial charge in [0.1, 0.15) is 5.82 Å². The Bertz CT molecular complexity index is 730. The van der Waals surface area contributed by atoms with Crippen molar-refractivity contribution in [3.05, 3.63) is 59.4 Å². The van der Waals surface area contributed by atoms with E-state index in [0.29, 0.717) is 12.1 Å². The monoisotopic (exact) mass is 294 g/mol. The predicted octanol–water partition coefficient (Wildman–Crippen LogP) is 2.39. The molecular weight excluding hydrogens is 279 g/mol. The molecule has 2 aromatic carbocycles. The lowest BCUT2D eigenvalue weighted by molar-refractivity contribution is 0.600. The number of hydrogen-bond acceptors (Lipinski definition) is 3. The first kappa shape index (κ1) is 14.5. The van der Waals surface area contributed by atoms with Crippen molar-refractivity contribution in [1.29, 1.82) is 0 Å². The molecule has 0 radical (unpaired) electrons. The molecule has 0 spiro atoms. The van der Waals surface area contributed by atoms with Gasteiger partial charge in [0.15, 0.2) is 0 Å². The van der Waals surface area contributed by atoms with Gasteiger partial charge in [0.2, 0.25) is 0 Å². The first-order valence-corrected chi connectivity index (χ1v) is 7.48. The van der Waals surface area contributed by atoms with E-state index in [2.05, 4.69) is 4.72 Å². The third kappa shape index (κ3) is 3.15. The smallest absolute Gasteiger partial charge is 0.262 e. The Balaban J connectivity index is 2.36. The Kier molecular flexibility index (Phi) is 4.06. The van der Waals surface area contributed by atoms with Crippen molar-refractivity contribution in [3.8, 4) is 0 Å². The first-order chi connectivity index (χ1) is 9.42. The van der Waals surface area contributed by atoms with Gasteiger partial charge in [-0.2, -0.15) is 0 Å². The Morgan fingerprint density at radius 2 is 1.95 bits per heavy atom. The summed E-state index contributed by atoms with van der Waals surface area (Å²) in [4.78, 5) is 0.152. The number of hydrogen-bond donors (Lipinski definition) is 2. The third-order valence-electron chi connectivity index (χ3n) is 2.84. The summed E-state index contributed by atoms with van der Waals surface area (Å²) in [6.45, 7) is 2.04. The highest BCUT2D eigenvalue weighted by Gasteiger charge is 2.17. The van der Waals surface area contributed by atoms with Crippen LogP contribution in [-0.2, 0) is 16.6 Å². The maximum absolute atomic E-state index is 13.1. The summed E-state index contributed by atoms with van der Waals surface area (Å²) in [5, 5.41) is 0. The lowest BCUT2D eigenvalue weighted by Gasteiger charge is -2.11. The molecule has 0 aliphatic carbocycles. The molecule has 3 N–H and O–H groups in total. The van der Waals surface area contributed by atoms with Gasteiger partial charge < -0.3 is 5.73 Å². The van der Waals surface area contributed by atoms with Crippen molar-refractivity contribution in [2.75, 3.05) is 4.72 Å². The standard InChI is InChI=1S/C14H15FN2O2S/c1-10-7-11(9-16)5-6-14(10)20(18,19)17-13-4-2-3-12(15)8-13/h2-8,17H,9,16H2,1H3. The van der Waals surface area contributed by atoms with Gasteiger partial charge in [-0.1, -0.05) is 18.2 Å². The Morgan fingerprint density at radius 1 is 1.20 bits per heavy atom. The van der Waals surface area contributed by atoms with Crippen LogP contribution in [-0.4, -0.2) is 8.42 Å². The average molecular weight is 294 g/mol. The van der Waals surface area contributed by atoms with Crippen molar-refractivity contribution in [3.63, 3.8) is 0 Å². The van der Waals surface area contributed by atoms with Crippen LogP contribution < -0.4 is 10.5 Å². The van der Waals surface area contributed by atoms with E-state index >= 15 is 0 Å². The maximum Gasteiger partial charge on any atom is 0.262 e. The molecule has 20 heavy (non-hydrogen) atoms. The molecule has 0 aliphatic rings. The van der Waals surface area contributed by atoms with Crippen LogP contribution in [0.2, 0.25) is 0 Å². The first-order valence-electron chi connectivity index (χ1n) is 6.00. The minimum absolute atomic E-state index is 0.152. The van der Waals surface area contributed by atoms with Crippen LogP contribution in [0.1, 0.15) is 11.1 Å². The summed E-state index contributed by atoms with van der Waals surface area (Å²) in [6.07, 6.45) is 0. The molecule has 106 valence electrons. The minimum Gasteiger partial charge on any atom is -0.326 e. The van der Waals surface area contributed by atoms with E-state index in [1.54, 1.807) is 19.1 Å². The molecular formula is C14H15FN2O2S. The number of aryl methyl sites for hydroxylation is 1. The molecule has 2 aromatic rings. The molecule has 0 bridgehead atoms. The molecule has 4 nitrogen and oxygen atoms in total. The van der Waals surface area contributed by atoms with Gasteiger partial charge in [-0.25, -0.2) is 12.8 Å². The normalized spacial score (nSPS) is 11.3.